The molecule has 3 aliphatic rings. The lowest BCUT2D eigenvalue weighted by molar-refractivity contribution is 0.0185. The van der Waals surface area contributed by atoms with Crippen LogP contribution in [0, 0.1) is 0 Å². The Bertz CT molecular complexity index is 513. The molecule has 5 nitrogen and oxygen atoms in total. The van der Waals surface area contributed by atoms with Gasteiger partial charge >= 0.3 is 0 Å². The summed E-state index contributed by atoms with van der Waals surface area (Å²) in [4.78, 5) is 12.3. The third-order valence-corrected chi connectivity index (χ3v) is 4.74. The number of hydrogen-bond donors (Lipinski definition) is 1. The summed E-state index contributed by atoms with van der Waals surface area (Å²) in [6, 6.07) is 0.478. The van der Waals surface area contributed by atoms with Gasteiger partial charge in [-0.1, -0.05) is 0 Å². The van der Waals surface area contributed by atoms with E-state index in [1.165, 1.54) is 19.3 Å². The average molecular weight is 261 g/mol. The van der Waals surface area contributed by atoms with E-state index in [1.807, 2.05) is 10.9 Å². The summed E-state index contributed by atoms with van der Waals surface area (Å²) < 4.78 is 8.14. The monoisotopic (exact) mass is 261 g/mol. The highest BCUT2D eigenvalue weighted by molar-refractivity contribution is 5.98. The van der Waals surface area contributed by atoms with Crippen molar-refractivity contribution in [2.75, 3.05) is 13.1 Å². The number of carbonyl (C=O) groups excluding carboxylic acids is 1. The third kappa shape index (κ3) is 1.79. The summed E-state index contributed by atoms with van der Waals surface area (Å²) in [5.74, 6) is 0.867. The van der Waals surface area contributed by atoms with Crippen molar-refractivity contribution in [2.24, 2.45) is 0 Å². The lowest BCUT2D eigenvalue weighted by atomic mass is 9.84. The molecule has 4 rings (SSSR count). The first kappa shape index (κ1) is 11.5. The molecule has 0 radical (unpaired) electrons. The zero-order valence-corrected chi connectivity index (χ0v) is 11.0. The standard InChI is InChI=1S/C14H19N3O2/c18-11-8-14(4-6-15-7-5-14)19-12-9-17(16-13(11)12)10-2-1-3-10/h9-10,15H,1-8H2. The topological polar surface area (TPSA) is 56.1 Å². The van der Waals surface area contributed by atoms with Gasteiger partial charge in [0.1, 0.15) is 5.60 Å². The van der Waals surface area contributed by atoms with E-state index in [1.54, 1.807) is 0 Å². The third-order valence-electron chi connectivity index (χ3n) is 4.74. The van der Waals surface area contributed by atoms with Crippen LogP contribution in [0.4, 0.5) is 0 Å². The average Bonchev–Trinajstić information content (AvgIpc) is 2.71. The van der Waals surface area contributed by atoms with Gasteiger partial charge in [-0.2, -0.15) is 5.10 Å². The van der Waals surface area contributed by atoms with E-state index in [-0.39, 0.29) is 11.4 Å². The predicted octanol–water partition coefficient (Wildman–Crippen LogP) is 1.70. The quantitative estimate of drug-likeness (QED) is 0.836. The Morgan fingerprint density at radius 1 is 1.37 bits per heavy atom. The van der Waals surface area contributed by atoms with Crippen LogP contribution in [-0.4, -0.2) is 34.3 Å². The minimum atomic E-state index is -0.275. The molecule has 1 saturated carbocycles. The van der Waals surface area contributed by atoms with Crippen molar-refractivity contribution in [2.45, 2.75) is 50.2 Å². The minimum absolute atomic E-state index is 0.154. The Morgan fingerprint density at radius 2 is 2.16 bits per heavy atom. The lowest BCUT2D eigenvalue weighted by Gasteiger charge is -2.39. The van der Waals surface area contributed by atoms with Gasteiger partial charge in [-0.3, -0.25) is 9.48 Å². The molecule has 2 fully saturated rings. The fourth-order valence-corrected chi connectivity index (χ4v) is 3.29. The molecule has 1 aromatic heterocycles. The van der Waals surface area contributed by atoms with Gasteiger partial charge in [-0.05, 0) is 32.4 Å². The number of piperidine rings is 1. The highest BCUT2D eigenvalue weighted by atomic mass is 16.5. The Balaban J connectivity index is 1.65. The van der Waals surface area contributed by atoms with Crippen LogP contribution in [-0.2, 0) is 0 Å². The van der Waals surface area contributed by atoms with Gasteiger partial charge in [0.25, 0.3) is 0 Å². The summed E-state index contributed by atoms with van der Waals surface area (Å²) in [6.45, 7) is 1.86. The molecule has 0 bridgehead atoms. The molecule has 0 amide bonds. The molecule has 1 spiro atoms. The maximum Gasteiger partial charge on any atom is 0.190 e. The maximum absolute atomic E-state index is 12.3. The molecule has 19 heavy (non-hydrogen) atoms. The van der Waals surface area contributed by atoms with Gasteiger partial charge in [0.2, 0.25) is 0 Å². The van der Waals surface area contributed by atoms with Gasteiger partial charge in [0, 0.05) is 12.8 Å². The first-order chi connectivity index (χ1) is 9.26. The molecule has 1 aromatic rings. The predicted molar refractivity (Wildman–Crippen MR) is 69.5 cm³/mol. The van der Waals surface area contributed by atoms with Crippen molar-refractivity contribution in [3.8, 4) is 5.75 Å². The van der Waals surface area contributed by atoms with E-state index in [0.29, 0.717) is 23.9 Å². The van der Waals surface area contributed by atoms with Crippen molar-refractivity contribution < 1.29 is 9.53 Å². The van der Waals surface area contributed by atoms with Crippen molar-refractivity contribution in [1.29, 1.82) is 0 Å². The first-order valence-electron chi connectivity index (χ1n) is 7.28. The van der Waals surface area contributed by atoms with Gasteiger partial charge in [-0.15, -0.1) is 0 Å². The lowest BCUT2D eigenvalue weighted by Crippen LogP contribution is -2.49. The van der Waals surface area contributed by atoms with Gasteiger partial charge in [-0.25, -0.2) is 0 Å². The molecule has 102 valence electrons. The smallest absolute Gasteiger partial charge is 0.190 e. The van der Waals surface area contributed by atoms with Gasteiger partial charge in [0.05, 0.1) is 18.7 Å². The zero-order valence-electron chi connectivity index (χ0n) is 11.0. The number of ether oxygens (including phenoxy) is 1. The van der Waals surface area contributed by atoms with E-state index in [4.69, 9.17) is 4.74 Å². The van der Waals surface area contributed by atoms with Crippen molar-refractivity contribution in [3.05, 3.63) is 11.9 Å². The fraction of sp³-hybridized carbons (Fsp3) is 0.714. The van der Waals surface area contributed by atoms with Gasteiger partial charge in [0.15, 0.2) is 17.2 Å². The van der Waals surface area contributed by atoms with Crippen LogP contribution in [0.25, 0.3) is 0 Å². The summed E-state index contributed by atoms with van der Waals surface area (Å²) in [5, 5.41) is 7.78. The van der Waals surface area contributed by atoms with Crippen molar-refractivity contribution in [3.63, 3.8) is 0 Å². The Kier molecular flexibility index (Phi) is 2.45. The van der Waals surface area contributed by atoms with Crippen LogP contribution in [0.3, 0.4) is 0 Å². The Hall–Kier alpha value is -1.36. The van der Waals surface area contributed by atoms with E-state index in [9.17, 15) is 4.79 Å². The minimum Gasteiger partial charge on any atom is -0.483 e. The molecule has 0 aromatic carbocycles. The summed E-state index contributed by atoms with van der Waals surface area (Å²) in [5.41, 5.74) is 0.277. The Labute approximate surface area is 112 Å². The molecule has 1 N–H and O–H groups in total. The second-order valence-corrected chi connectivity index (χ2v) is 6.04. The maximum atomic E-state index is 12.3. The molecule has 5 heteroatoms. The number of rotatable bonds is 1. The molecule has 1 aliphatic carbocycles. The van der Waals surface area contributed by atoms with Crippen LogP contribution in [0.15, 0.2) is 6.20 Å². The number of ketones is 1. The van der Waals surface area contributed by atoms with Crippen LogP contribution in [0.1, 0.15) is 55.1 Å². The normalized spacial score (nSPS) is 25.8. The van der Waals surface area contributed by atoms with Gasteiger partial charge < -0.3 is 10.1 Å². The first-order valence-corrected chi connectivity index (χ1v) is 7.28. The number of nitrogens with zero attached hydrogens (tertiary/aromatic N) is 2. The zero-order chi connectivity index (χ0) is 12.9. The highest BCUT2D eigenvalue weighted by Gasteiger charge is 2.43. The Morgan fingerprint density at radius 3 is 2.84 bits per heavy atom. The molecule has 0 unspecified atom stereocenters. The van der Waals surface area contributed by atoms with E-state index >= 15 is 0 Å². The van der Waals surface area contributed by atoms with Crippen molar-refractivity contribution >= 4 is 5.78 Å². The molecule has 0 atom stereocenters. The van der Waals surface area contributed by atoms with Crippen LogP contribution >= 0.6 is 0 Å². The number of carbonyl (C=O) groups is 1. The summed E-state index contributed by atoms with van der Waals surface area (Å²) >= 11 is 0. The van der Waals surface area contributed by atoms with Crippen LogP contribution in [0.2, 0.25) is 0 Å². The second kappa shape index (κ2) is 4.07. The number of fused-ring (bicyclic) bond motifs is 1. The second-order valence-electron chi connectivity index (χ2n) is 6.04. The van der Waals surface area contributed by atoms with E-state index in [2.05, 4.69) is 10.4 Å². The highest BCUT2D eigenvalue weighted by Crippen LogP contribution is 2.40. The van der Waals surface area contributed by atoms with Crippen molar-refractivity contribution in [1.82, 2.24) is 15.1 Å². The molecule has 3 heterocycles. The van der Waals surface area contributed by atoms with E-state index in [0.717, 1.165) is 25.9 Å². The number of Topliss-reactive ketones (excluding diaryl/α,β-unsaturated/α-hetero) is 1. The number of hydrogen-bond acceptors (Lipinski definition) is 4. The molecular weight excluding hydrogens is 242 g/mol. The largest absolute Gasteiger partial charge is 0.483 e. The van der Waals surface area contributed by atoms with Crippen LogP contribution < -0.4 is 10.1 Å². The summed E-state index contributed by atoms with van der Waals surface area (Å²) in [6.07, 6.45) is 7.86. The van der Waals surface area contributed by atoms with Crippen LogP contribution in [0.5, 0.6) is 5.75 Å². The SMILES string of the molecule is O=C1CC2(CCNCC2)Oc2cn(C3CCC3)nc21. The summed E-state index contributed by atoms with van der Waals surface area (Å²) in [7, 11) is 0. The number of aromatic nitrogens is 2. The molecular formula is C14H19N3O2. The fourth-order valence-electron chi connectivity index (χ4n) is 3.29. The molecule has 2 aliphatic heterocycles. The van der Waals surface area contributed by atoms with E-state index < -0.39 is 0 Å². The molecule has 1 saturated heterocycles. The number of nitrogens with one attached hydrogen (secondary N) is 1.